The molecule has 1 aliphatic rings. The predicted octanol–water partition coefficient (Wildman–Crippen LogP) is 5.03. The van der Waals surface area contributed by atoms with Crippen LogP contribution in [0.4, 0.5) is 0 Å². The van der Waals surface area contributed by atoms with Gasteiger partial charge in [0.15, 0.2) is 0 Å². The van der Waals surface area contributed by atoms with Crippen molar-refractivity contribution in [3.05, 3.63) is 65.7 Å². The van der Waals surface area contributed by atoms with Gasteiger partial charge in [-0.15, -0.1) is 0 Å². The third kappa shape index (κ3) is 4.85. The highest BCUT2D eigenvalue weighted by molar-refractivity contribution is 5.28. The lowest BCUT2D eigenvalue weighted by Crippen LogP contribution is -2.39. The van der Waals surface area contributed by atoms with E-state index in [1.54, 1.807) is 0 Å². The monoisotopic (exact) mass is 323 g/mol. The van der Waals surface area contributed by atoms with Crippen molar-refractivity contribution >= 4 is 0 Å². The second kappa shape index (κ2) is 8.34. The fraction of sp³-hybridized carbons (Fsp3) is 0.455. The van der Waals surface area contributed by atoms with Crippen LogP contribution in [0.25, 0.3) is 0 Å². The lowest BCUT2D eigenvalue weighted by Gasteiger charge is -2.31. The van der Waals surface area contributed by atoms with Crippen molar-refractivity contribution in [3.8, 4) is 5.75 Å². The van der Waals surface area contributed by atoms with Crippen LogP contribution in [-0.4, -0.2) is 17.2 Å². The highest BCUT2D eigenvalue weighted by Crippen LogP contribution is 2.33. The highest BCUT2D eigenvalue weighted by Gasteiger charge is 2.23. The van der Waals surface area contributed by atoms with Gasteiger partial charge in [0, 0.05) is 12.1 Å². The van der Waals surface area contributed by atoms with Crippen LogP contribution in [0.2, 0.25) is 0 Å². The summed E-state index contributed by atoms with van der Waals surface area (Å²) in [4.78, 5) is 0. The molecule has 1 saturated carbocycles. The first-order valence-electron chi connectivity index (χ1n) is 9.29. The maximum atomic E-state index is 9.42. The standard InChI is InChI=1S/C22H29NO/c1-17(7-8-18-5-3-2-4-6-18)23-21-13-9-19(10-14-21)20-11-15-22(24)16-12-20/h2-6,11-12,15-17,19,21,23-24H,7-10,13-14H2,1H3. The van der Waals surface area contributed by atoms with Crippen molar-refractivity contribution in [2.24, 2.45) is 0 Å². The normalized spacial score (nSPS) is 22.2. The van der Waals surface area contributed by atoms with Crippen LogP contribution >= 0.6 is 0 Å². The Morgan fingerprint density at radius 2 is 1.62 bits per heavy atom. The Balaban J connectivity index is 1.41. The summed E-state index contributed by atoms with van der Waals surface area (Å²) < 4.78 is 0. The first kappa shape index (κ1) is 17.0. The largest absolute Gasteiger partial charge is 0.508 e. The summed E-state index contributed by atoms with van der Waals surface area (Å²) in [5.41, 5.74) is 2.81. The molecule has 2 nitrogen and oxygen atoms in total. The third-order valence-electron chi connectivity index (χ3n) is 5.32. The van der Waals surface area contributed by atoms with Crippen molar-refractivity contribution < 1.29 is 5.11 Å². The molecule has 1 fully saturated rings. The molecule has 0 bridgehead atoms. The van der Waals surface area contributed by atoms with Gasteiger partial charge in [0.1, 0.15) is 5.75 Å². The molecule has 1 unspecified atom stereocenters. The van der Waals surface area contributed by atoms with E-state index in [-0.39, 0.29) is 0 Å². The molecule has 24 heavy (non-hydrogen) atoms. The zero-order chi connectivity index (χ0) is 16.8. The van der Waals surface area contributed by atoms with Crippen LogP contribution in [-0.2, 0) is 6.42 Å². The summed E-state index contributed by atoms with van der Waals surface area (Å²) in [7, 11) is 0. The van der Waals surface area contributed by atoms with E-state index in [4.69, 9.17) is 0 Å². The lowest BCUT2D eigenvalue weighted by atomic mass is 9.81. The Bertz CT molecular complexity index is 600. The van der Waals surface area contributed by atoms with Gasteiger partial charge in [-0.3, -0.25) is 0 Å². The number of benzene rings is 2. The maximum Gasteiger partial charge on any atom is 0.115 e. The Kier molecular flexibility index (Phi) is 5.92. The van der Waals surface area contributed by atoms with Gasteiger partial charge >= 0.3 is 0 Å². The number of hydrogen-bond donors (Lipinski definition) is 2. The molecule has 0 spiro atoms. The summed E-state index contributed by atoms with van der Waals surface area (Å²) in [5, 5.41) is 13.2. The van der Waals surface area contributed by atoms with Crippen molar-refractivity contribution in [3.63, 3.8) is 0 Å². The fourth-order valence-corrected chi connectivity index (χ4v) is 3.85. The van der Waals surface area contributed by atoms with E-state index in [2.05, 4.69) is 54.7 Å². The minimum Gasteiger partial charge on any atom is -0.508 e. The van der Waals surface area contributed by atoms with Gasteiger partial charge in [0.05, 0.1) is 0 Å². The molecule has 0 aromatic heterocycles. The van der Waals surface area contributed by atoms with Crippen LogP contribution in [0.3, 0.4) is 0 Å². The summed E-state index contributed by atoms with van der Waals surface area (Å²) in [6.45, 7) is 2.31. The number of rotatable bonds is 6. The summed E-state index contributed by atoms with van der Waals surface area (Å²) >= 11 is 0. The molecule has 3 rings (SSSR count). The molecular formula is C22H29NO. The first-order valence-corrected chi connectivity index (χ1v) is 9.29. The van der Waals surface area contributed by atoms with Gasteiger partial charge in [-0.2, -0.15) is 0 Å². The summed E-state index contributed by atoms with van der Waals surface area (Å²) in [5.74, 6) is 1.02. The topological polar surface area (TPSA) is 32.3 Å². The predicted molar refractivity (Wildman–Crippen MR) is 100 cm³/mol. The SMILES string of the molecule is CC(CCc1ccccc1)NC1CCC(c2ccc(O)cc2)CC1. The first-order chi connectivity index (χ1) is 11.7. The molecule has 0 saturated heterocycles. The van der Waals surface area contributed by atoms with E-state index in [1.165, 1.54) is 43.2 Å². The summed E-state index contributed by atoms with van der Waals surface area (Å²) in [6, 6.07) is 19.8. The number of hydrogen-bond acceptors (Lipinski definition) is 2. The van der Waals surface area contributed by atoms with Crippen LogP contribution in [0.5, 0.6) is 5.75 Å². The van der Waals surface area contributed by atoms with Gasteiger partial charge in [-0.1, -0.05) is 42.5 Å². The smallest absolute Gasteiger partial charge is 0.115 e. The molecule has 0 amide bonds. The van der Waals surface area contributed by atoms with E-state index < -0.39 is 0 Å². The lowest BCUT2D eigenvalue weighted by molar-refractivity contribution is 0.314. The second-order valence-electron chi connectivity index (χ2n) is 7.23. The summed E-state index contributed by atoms with van der Waals surface area (Å²) in [6.07, 6.45) is 7.34. The van der Waals surface area contributed by atoms with Crippen LogP contribution in [0, 0.1) is 0 Å². The van der Waals surface area contributed by atoms with Crippen molar-refractivity contribution in [2.45, 2.75) is 63.5 Å². The number of nitrogens with one attached hydrogen (secondary N) is 1. The number of aromatic hydroxyl groups is 1. The number of phenols is 1. The molecule has 2 N–H and O–H groups in total. The molecule has 1 atom stereocenters. The Hall–Kier alpha value is -1.80. The molecule has 1 aliphatic carbocycles. The average Bonchev–Trinajstić information content (AvgIpc) is 2.62. The van der Waals surface area contributed by atoms with Gasteiger partial charge in [0.25, 0.3) is 0 Å². The van der Waals surface area contributed by atoms with Gasteiger partial charge < -0.3 is 10.4 Å². The molecular weight excluding hydrogens is 294 g/mol. The molecule has 2 aromatic rings. The van der Waals surface area contributed by atoms with Gasteiger partial charge in [0.2, 0.25) is 0 Å². The molecule has 2 aromatic carbocycles. The van der Waals surface area contributed by atoms with E-state index in [0.717, 1.165) is 6.42 Å². The van der Waals surface area contributed by atoms with E-state index in [9.17, 15) is 5.11 Å². The van der Waals surface area contributed by atoms with Crippen LogP contribution < -0.4 is 5.32 Å². The van der Waals surface area contributed by atoms with E-state index in [0.29, 0.717) is 23.8 Å². The highest BCUT2D eigenvalue weighted by atomic mass is 16.3. The molecule has 128 valence electrons. The Labute approximate surface area is 145 Å². The van der Waals surface area contributed by atoms with E-state index >= 15 is 0 Å². The van der Waals surface area contributed by atoms with Gasteiger partial charge in [-0.25, -0.2) is 0 Å². The third-order valence-corrected chi connectivity index (χ3v) is 5.32. The van der Waals surface area contributed by atoms with Crippen LogP contribution in [0.15, 0.2) is 54.6 Å². The van der Waals surface area contributed by atoms with Crippen molar-refractivity contribution in [1.82, 2.24) is 5.32 Å². The number of aryl methyl sites for hydroxylation is 1. The molecule has 2 heteroatoms. The van der Waals surface area contributed by atoms with Crippen LogP contribution in [0.1, 0.15) is 56.1 Å². The average molecular weight is 323 g/mol. The van der Waals surface area contributed by atoms with Crippen molar-refractivity contribution in [2.75, 3.05) is 0 Å². The zero-order valence-corrected chi connectivity index (χ0v) is 14.6. The quantitative estimate of drug-likeness (QED) is 0.781. The minimum atomic E-state index is 0.362. The van der Waals surface area contributed by atoms with Gasteiger partial charge in [-0.05, 0) is 74.6 Å². The fourth-order valence-electron chi connectivity index (χ4n) is 3.85. The maximum absolute atomic E-state index is 9.42. The molecule has 0 radical (unpaired) electrons. The molecule has 0 heterocycles. The Morgan fingerprint density at radius 1 is 0.958 bits per heavy atom. The zero-order valence-electron chi connectivity index (χ0n) is 14.6. The minimum absolute atomic E-state index is 0.362. The van der Waals surface area contributed by atoms with Crippen molar-refractivity contribution in [1.29, 1.82) is 0 Å². The second-order valence-corrected chi connectivity index (χ2v) is 7.23. The Morgan fingerprint density at radius 3 is 2.29 bits per heavy atom. The molecule has 0 aliphatic heterocycles. The number of phenolic OH excluding ortho intramolecular Hbond substituents is 1. The van der Waals surface area contributed by atoms with E-state index in [1.807, 2.05) is 12.1 Å².